The highest BCUT2D eigenvalue weighted by atomic mass is 32.2. The third-order valence-corrected chi connectivity index (χ3v) is 5.29. The van der Waals surface area contributed by atoms with Crippen LogP contribution >= 0.6 is 0 Å². The minimum Gasteiger partial charge on any atom is -0.393 e. The Kier molecular flexibility index (Phi) is 8.97. The molecule has 0 aliphatic carbocycles. The molecule has 1 N–H and O–H groups in total. The van der Waals surface area contributed by atoms with Crippen molar-refractivity contribution < 1.29 is 17.7 Å². The average molecular weight is 431 g/mol. The van der Waals surface area contributed by atoms with Crippen LogP contribution in [-0.2, 0) is 27.1 Å². The summed E-state index contributed by atoms with van der Waals surface area (Å²) < 4.78 is 29.3. The van der Waals surface area contributed by atoms with E-state index in [9.17, 15) is 8.42 Å². The molecule has 0 bridgehead atoms. The Labute approximate surface area is 177 Å². The van der Waals surface area contributed by atoms with Gasteiger partial charge in [0.05, 0.1) is 28.5 Å². The molecule has 1 aromatic carbocycles. The predicted octanol–water partition coefficient (Wildman–Crippen LogP) is 2.52. The van der Waals surface area contributed by atoms with Crippen LogP contribution in [-0.4, -0.2) is 46.1 Å². The van der Waals surface area contributed by atoms with Crippen LogP contribution in [0, 0.1) is 6.92 Å². The summed E-state index contributed by atoms with van der Waals surface area (Å²) in [7, 11) is -3.74. The Bertz CT molecular complexity index is 983. The van der Waals surface area contributed by atoms with E-state index in [-0.39, 0.29) is 11.0 Å². The van der Waals surface area contributed by atoms with Crippen molar-refractivity contribution in [2.75, 3.05) is 0 Å². The number of aromatic nitrogens is 4. The second-order valence-electron chi connectivity index (χ2n) is 6.86. The van der Waals surface area contributed by atoms with Crippen molar-refractivity contribution in [3.63, 3.8) is 0 Å². The van der Waals surface area contributed by atoms with Crippen LogP contribution in [0.15, 0.2) is 65.8 Å². The van der Waals surface area contributed by atoms with E-state index in [1.54, 1.807) is 62.6 Å². The van der Waals surface area contributed by atoms with E-state index in [2.05, 4.69) is 20.4 Å². The van der Waals surface area contributed by atoms with E-state index in [0.29, 0.717) is 18.5 Å². The maximum atomic E-state index is 12.1. The second-order valence-corrected chi connectivity index (χ2v) is 8.43. The van der Waals surface area contributed by atoms with E-state index in [1.165, 1.54) is 0 Å². The summed E-state index contributed by atoms with van der Waals surface area (Å²) >= 11 is 0. The van der Waals surface area contributed by atoms with Crippen LogP contribution < -0.4 is 0 Å². The monoisotopic (exact) mass is 430 g/mol. The van der Waals surface area contributed by atoms with Crippen molar-refractivity contribution >= 4 is 10.1 Å². The highest BCUT2D eigenvalue weighted by Crippen LogP contribution is 2.16. The fourth-order valence-electron chi connectivity index (χ4n) is 2.49. The third kappa shape index (κ3) is 8.32. The second kappa shape index (κ2) is 11.4. The molecule has 160 valence electrons. The molecule has 2 aromatic heterocycles. The molecular formula is C21H26N4O4S. The van der Waals surface area contributed by atoms with Crippen LogP contribution in [0.25, 0.3) is 0 Å². The Morgan fingerprint density at radius 1 is 0.900 bits per heavy atom. The van der Waals surface area contributed by atoms with Gasteiger partial charge in [-0.25, -0.2) is 0 Å². The van der Waals surface area contributed by atoms with Crippen molar-refractivity contribution in [2.24, 2.45) is 0 Å². The summed E-state index contributed by atoms with van der Waals surface area (Å²) in [6, 6.07) is 13.8. The van der Waals surface area contributed by atoms with Crippen molar-refractivity contribution in [1.29, 1.82) is 0 Å². The lowest BCUT2D eigenvalue weighted by atomic mass is 10.2. The van der Waals surface area contributed by atoms with E-state index in [4.69, 9.17) is 9.29 Å². The maximum Gasteiger partial charge on any atom is 0.297 e. The summed E-state index contributed by atoms with van der Waals surface area (Å²) in [6.45, 7) is 5.32. The summed E-state index contributed by atoms with van der Waals surface area (Å²) in [5.41, 5.74) is 2.52. The van der Waals surface area contributed by atoms with E-state index in [1.807, 2.05) is 19.1 Å². The van der Waals surface area contributed by atoms with Crippen molar-refractivity contribution in [2.45, 2.75) is 50.7 Å². The van der Waals surface area contributed by atoms with Crippen molar-refractivity contribution in [3.05, 3.63) is 77.9 Å². The molecule has 8 nitrogen and oxygen atoms in total. The highest BCUT2D eigenvalue weighted by molar-refractivity contribution is 7.86. The smallest absolute Gasteiger partial charge is 0.297 e. The largest absolute Gasteiger partial charge is 0.393 e. The minimum atomic E-state index is -3.74. The number of aryl methyl sites for hydroxylation is 1. The minimum absolute atomic E-state index is 0.161. The van der Waals surface area contributed by atoms with Gasteiger partial charge in [0.1, 0.15) is 0 Å². The lowest BCUT2D eigenvalue weighted by molar-refractivity contribution is 0.194. The molecule has 0 radical (unpaired) electrons. The van der Waals surface area contributed by atoms with Gasteiger partial charge in [0.15, 0.2) is 0 Å². The van der Waals surface area contributed by atoms with Gasteiger partial charge in [-0.05, 0) is 57.2 Å². The lowest BCUT2D eigenvalue weighted by Gasteiger charge is -2.12. The summed E-state index contributed by atoms with van der Waals surface area (Å²) in [6.07, 6.45) is 3.31. The third-order valence-electron chi connectivity index (χ3n) is 3.86. The molecule has 0 aliphatic rings. The molecule has 0 saturated carbocycles. The molecule has 3 rings (SSSR count). The molecule has 0 fully saturated rings. The van der Waals surface area contributed by atoms with Crippen molar-refractivity contribution in [1.82, 2.24) is 20.4 Å². The first-order valence-electron chi connectivity index (χ1n) is 9.47. The molecule has 0 aliphatic heterocycles. The predicted molar refractivity (Wildman–Crippen MR) is 112 cm³/mol. The van der Waals surface area contributed by atoms with Gasteiger partial charge in [-0.3, -0.25) is 4.18 Å². The molecule has 3 aromatic rings. The van der Waals surface area contributed by atoms with Crippen molar-refractivity contribution in [3.8, 4) is 0 Å². The highest BCUT2D eigenvalue weighted by Gasteiger charge is 2.19. The van der Waals surface area contributed by atoms with Gasteiger partial charge in [0, 0.05) is 25.2 Å². The zero-order chi connectivity index (χ0) is 22.0. The van der Waals surface area contributed by atoms with E-state index in [0.717, 1.165) is 11.3 Å². The quantitative estimate of drug-likeness (QED) is 0.569. The zero-order valence-corrected chi connectivity index (χ0v) is 18.0. The Morgan fingerprint density at radius 2 is 1.43 bits per heavy atom. The first-order chi connectivity index (χ1) is 14.3. The molecule has 2 heterocycles. The normalized spacial score (nSPS) is 13.1. The summed E-state index contributed by atoms with van der Waals surface area (Å²) in [5, 5.41) is 24.1. The van der Waals surface area contributed by atoms with Crippen LogP contribution in [0.2, 0.25) is 0 Å². The molecule has 2 atom stereocenters. The fourth-order valence-corrected chi connectivity index (χ4v) is 3.57. The number of nitrogens with zero attached hydrogens (tertiary/aromatic N) is 4. The Hall–Kier alpha value is -2.75. The standard InChI is InChI=1S/C14H16N2O3S.C7H10N2O/c1-11-5-7-14(8-6-11)20(17,18)19-12(2)10-13-4-3-9-15-16-13;1-6(10)5-7-3-2-4-8-9-7/h3-9,12H,10H2,1-2H3;2-4,6,10H,5H2,1H3. The van der Waals surface area contributed by atoms with Gasteiger partial charge >= 0.3 is 0 Å². The maximum absolute atomic E-state index is 12.1. The van der Waals surface area contributed by atoms with Crippen LogP contribution in [0.3, 0.4) is 0 Å². The summed E-state index contributed by atoms with van der Waals surface area (Å²) in [5.74, 6) is 0. The molecule has 0 saturated heterocycles. The molecule has 0 amide bonds. The van der Waals surface area contributed by atoms with Gasteiger partial charge in [-0.2, -0.15) is 28.8 Å². The number of benzene rings is 1. The number of rotatable bonds is 7. The first kappa shape index (κ1) is 23.5. The fraction of sp³-hybridized carbons (Fsp3) is 0.333. The number of aliphatic hydroxyl groups is 1. The van der Waals surface area contributed by atoms with Crippen LogP contribution in [0.4, 0.5) is 0 Å². The first-order valence-corrected chi connectivity index (χ1v) is 10.9. The lowest BCUT2D eigenvalue weighted by Crippen LogP contribution is -2.18. The number of hydrogen-bond acceptors (Lipinski definition) is 8. The molecular weight excluding hydrogens is 404 g/mol. The van der Waals surface area contributed by atoms with Crippen LogP contribution in [0.1, 0.15) is 30.8 Å². The molecule has 9 heteroatoms. The van der Waals surface area contributed by atoms with Gasteiger partial charge < -0.3 is 5.11 Å². The van der Waals surface area contributed by atoms with Crippen LogP contribution in [0.5, 0.6) is 0 Å². The molecule has 30 heavy (non-hydrogen) atoms. The van der Waals surface area contributed by atoms with Gasteiger partial charge in [0.25, 0.3) is 10.1 Å². The number of hydrogen-bond donors (Lipinski definition) is 1. The molecule has 0 spiro atoms. The van der Waals surface area contributed by atoms with Gasteiger partial charge in [-0.15, -0.1) is 0 Å². The SMILES string of the molecule is CC(O)Cc1cccnn1.Cc1ccc(S(=O)(=O)OC(C)Cc2cccnn2)cc1. The molecule has 2 unspecified atom stereocenters. The average Bonchev–Trinajstić information content (AvgIpc) is 2.69. The van der Waals surface area contributed by atoms with E-state index >= 15 is 0 Å². The van der Waals surface area contributed by atoms with Gasteiger partial charge in [-0.1, -0.05) is 17.7 Å². The zero-order valence-electron chi connectivity index (χ0n) is 17.2. The Balaban J connectivity index is 0.000000269. The topological polar surface area (TPSA) is 115 Å². The Morgan fingerprint density at radius 3 is 1.90 bits per heavy atom. The van der Waals surface area contributed by atoms with Gasteiger partial charge in [0.2, 0.25) is 0 Å². The van der Waals surface area contributed by atoms with E-state index < -0.39 is 16.2 Å². The summed E-state index contributed by atoms with van der Waals surface area (Å²) in [4.78, 5) is 0.161. The number of aliphatic hydroxyl groups excluding tert-OH is 1.